The number of fused-ring (bicyclic) bond motifs is 1. The molecule has 0 unspecified atom stereocenters. The molecule has 0 bridgehead atoms. The van der Waals surface area contributed by atoms with Crippen molar-refractivity contribution in [1.29, 1.82) is 0 Å². The molecule has 29 heavy (non-hydrogen) atoms. The number of benzene rings is 1. The lowest BCUT2D eigenvalue weighted by molar-refractivity contribution is -0.274. The topological polar surface area (TPSA) is 83.6 Å². The Morgan fingerprint density at radius 2 is 2.17 bits per heavy atom. The fourth-order valence-electron chi connectivity index (χ4n) is 2.93. The van der Waals surface area contributed by atoms with Gasteiger partial charge in [0.25, 0.3) is 5.91 Å². The van der Waals surface area contributed by atoms with Crippen LogP contribution >= 0.6 is 11.3 Å². The van der Waals surface area contributed by atoms with E-state index >= 15 is 0 Å². The van der Waals surface area contributed by atoms with Gasteiger partial charge in [0.2, 0.25) is 5.91 Å². The zero-order valence-electron chi connectivity index (χ0n) is 15.9. The molecule has 1 aliphatic rings. The van der Waals surface area contributed by atoms with Crippen molar-refractivity contribution in [3.05, 3.63) is 18.2 Å². The van der Waals surface area contributed by atoms with E-state index in [1.165, 1.54) is 12.1 Å². The zero-order valence-corrected chi connectivity index (χ0v) is 16.7. The average molecular weight is 430 g/mol. The third kappa shape index (κ3) is 5.43. The van der Waals surface area contributed by atoms with Crippen molar-refractivity contribution in [2.24, 2.45) is 0 Å². The number of thiazole rings is 1. The molecule has 7 nitrogen and oxygen atoms in total. The van der Waals surface area contributed by atoms with E-state index in [0.29, 0.717) is 23.2 Å². The number of halogens is 3. The summed E-state index contributed by atoms with van der Waals surface area (Å²) in [6.45, 7) is 4.37. The summed E-state index contributed by atoms with van der Waals surface area (Å²) in [6, 6.07) is 3.25. The average Bonchev–Trinajstić information content (AvgIpc) is 3.27. The van der Waals surface area contributed by atoms with E-state index in [1.54, 1.807) is 0 Å². The van der Waals surface area contributed by atoms with Crippen LogP contribution in [0, 0.1) is 0 Å². The van der Waals surface area contributed by atoms with E-state index < -0.39 is 24.2 Å². The number of carbonyl (C=O) groups is 2. The first-order valence-electron chi connectivity index (χ1n) is 9.14. The first-order valence-corrected chi connectivity index (χ1v) is 9.95. The van der Waals surface area contributed by atoms with Gasteiger partial charge in [0.15, 0.2) is 5.13 Å². The third-order valence-corrected chi connectivity index (χ3v) is 5.27. The molecular weight excluding hydrogens is 409 g/mol. The minimum Gasteiger partial charge on any atom is -0.406 e. The maximum absolute atomic E-state index is 13.0. The van der Waals surface area contributed by atoms with Gasteiger partial charge in [0, 0.05) is 12.1 Å². The minimum atomic E-state index is -4.81. The highest BCUT2D eigenvalue weighted by atomic mass is 32.1. The maximum atomic E-state index is 13.0. The number of aromatic nitrogens is 1. The van der Waals surface area contributed by atoms with Gasteiger partial charge in [-0.25, -0.2) is 9.88 Å². The second-order valence-corrected chi connectivity index (χ2v) is 7.93. The number of hydrogen-bond acceptors (Lipinski definition) is 7. The van der Waals surface area contributed by atoms with Crippen LogP contribution in [0.3, 0.4) is 0 Å². The highest BCUT2D eigenvalue weighted by molar-refractivity contribution is 7.22. The number of alkyl halides is 3. The molecule has 11 heteroatoms. The number of anilines is 1. The van der Waals surface area contributed by atoms with Gasteiger partial charge in [-0.15, -0.1) is 13.2 Å². The summed E-state index contributed by atoms with van der Waals surface area (Å²) in [5.74, 6) is -1.27. The van der Waals surface area contributed by atoms with Gasteiger partial charge in [-0.1, -0.05) is 25.2 Å². The standard InChI is InChI=1S/C18H21F3N4O3S/c1-10(2)23-9-15(26)25(16(27)13-4-3-7-22-13)17-24-12-6-5-11(8-14(12)29-17)28-18(19,20)21/h5-6,8,10,13,22-23H,3-4,7,9H2,1-2H3/t13-/m1/s1. The number of nitrogens with one attached hydrogen (secondary N) is 2. The fourth-order valence-corrected chi connectivity index (χ4v) is 3.95. The molecule has 2 heterocycles. The predicted octanol–water partition coefficient (Wildman–Crippen LogP) is 2.80. The van der Waals surface area contributed by atoms with Crippen LogP contribution in [-0.2, 0) is 9.59 Å². The van der Waals surface area contributed by atoms with E-state index in [4.69, 9.17) is 0 Å². The smallest absolute Gasteiger partial charge is 0.406 e. The Morgan fingerprint density at radius 1 is 1.41 bits per heavy atom. The van der Waals surface area contributed by atoms with E-state index in [0.717, 1.165) is 28.7 Å². The van der Waals surface area contributed by atoms with Gasteiger partial charge < -0.3 is 15.4 Å². The van der Waals surface area contributed by atoms with Gasteiger partial charge in [-0.3, -0.25) is 9.59 Å². The lowest BCUT2D eigenvalue weighted by Crippen LogP contribution is -2.50. The molecule has 2 amide bonds. The first kappa shape index (κ1) is 21.5. The zero-order chi connectivity index (χ0) is 21.2. The second-order valence-electron chi connectivity index (χ2n) is 6.93. The molecule has 2 aromatic rings. The van der Waals surface area contributed by atoms with Gasteiger partial charge in [-0.2, -0.15) is 0 Å². The Bertz CT molecular complexity index is 894. The highest BCUT2D eigenvalue weighted by Crippen LogP contribution is 2.34. The summed E-state index contributed by atoms with van der Waals surface area (Å²) in [4.78, 5) is 31.1. The van der Waals surface area contributed by atoms with Crippen LogP contribution in [0.1, 0.15) is 26.7 Å². The largest absolute Gasteiger partial charge is 0.573 e. The molecule has 2 N–H and O–H groups in total. The maximum Gasteiger partial charge on any atom is 0.573 e. The molecule has 1 fully saturated rings. The molecule has 1 saturated heterocycles. The van der Waals surface area contributed by atoms with Crippen molar-refractivity contribution in [3.63, 3.8) is 0 Å². The highest BCUT2D eigenvalue weighted by Gasteiger charge is 2.34. The van der Waals surface area contributed by atoms with Gasteiger partial charge >= 0.3 is 6.36 Å². The molecule has 1 atom stereocenters. The van der Waals surface area contributed by atoms with Crippen molar-refractivity contribution in [1.82, 2.24) is 15.6 Å². The Balaban J connectivity index is 1.92. The summed E-state index contributed by atoms with van der Waals surface area (Å²) in [6.07, 6.45) is -3.38. The molecular formula is C18H21F3N4O3S. The van der Waals surface area contributed by atoms with Crippen LogP contribution in [0.15, 0.2) is 18.2 Å². The van der Waals surface area contributed by atoms with Crippen LogP contribution in [0.2, 0.25) is 0 Å². The van der Waals surface area contributed by atoms with Crippen LogP contribution in [0.5, 0.6) is 5.75 Å². The summed E-state index contributed by atoms with van der Waals surface area (Å²) in [7, 11) is 0. The Kier molecular flexibility index (Phi) is 6.39. The summed E-state index contributed by atoms with van der Waals surface area (Å²) in [5.41, 5.74) is 0.376. The van der Waals surface area contributed by atoms with Crippen molar-refractivity contribution in [2.75, 3.05) is 18.0 Å². The van der Waals surface area contributed by atoms with Crippen molar-refractivity contribution < 1.29 is 27.5 Å². The molecule has 0 saturated carbocycles. The lowest BCUT2D eigenvalue weighted by atomic mass is 10.2. The van der Waals surface area contributed by atoms with Crippen LogP contribution in [-0.4, -0.2) is 48.3 Å². The molecule has 3 rings (SSSR count). The van der Waals surface area contributed by atoms with Crippen LogP contribution in [0.4, 0.5) is 18.3 Å². The Morgan fingerprint density at radius 3 is 2.79 bits per heavy atom. The number of carbonyl (C=O) groups excluding carboxylic acids is 2. The normalized spacial score (nSPS) is 17.1. The van der Waals surface area contributed by atoms with Crippen molar-refractivity contribution in [2.45, 2.75) is 45.1 Å². The number of nitrogens with zero attached hydrogens (tertiary/aromatic N) is 2. The monoisotopic (exact) mass is 430 g/mol. The Labute approximate surface area is 169 Å². The quantitative estimate of drug-likeness (QED) is 0.733. The van der Waals surface area contributed by atoms with E-state index in [9.17, 15) is 22.8 Å². The molecule has 0 spiro atoms. The Hall–Kier alpha value is -2.24. The number of amides is 2. The summed E-state index contributed by atoms with van der Waals surface area (Å²) >= 11 is 0.965. The summed E-state index contributed by atoms with van der Waals surface area (Å²) in [5, 5.41) is 6.16. The van der Waals surface area contributed by atoms with Crippen molar-refractivity contribution in [3.8, 4) is 5.75 Å². The number of rotatable bonds is 6. The third-order valence-electron chi connectivity index (χ3n) is 4.26. The predicted molar refractivity (Wildman–Crippen MR) is 103 cm³/mol. The van der Waals surface area contributed by atoms with E-state index in [-0.39, 0.29) is 23.5 Å². The van der Waals surface area contributed by atoms with Crippen LogP contribution in [0.25, 0.3) is 10.2 Å². The minimum absolute atomic E-state index is 0.0398. The van der Waals surface area contributed by atoms with Gasteiger partial charge in [0.05, 0.1) is 22.8 Å². The van der Waals surface area contributed by atoms with Crippen LogP contribution < -0.4 is 20.3 Å². The SMILES string of the molecule is CC(C)NCC(=O)N(C(=O)[C@H]1CCCN1)c1nc2ccc(OC(F)(F)F)cc2s1. The fraction of sp³-hybridized carbons (Fsp3) is 0.500. The summed E-state index contributed by atoms with van der Waals surface area (Å²) < 4.78 is 41.7. The molecule has 1 aromatic heterocycles. The van der Waals surface area contributed by atoms with Gasteiger partial charge in [0.1, 0.15) is 5.75 Å². The lowest BCUT2D eigenvalue weighted by Gasteiger charge is -2.22. The number of ether oxygens (including phenoxy) is 1. The van der Waals surface area contributed by atoms with E-state index in [2.05, 4.69) is 20.4 Å². The second kappa shape index (κ2) is 8.64. The number of hydrogen-bond donors (Lipinski definition) is 2. The van der Waals surface area contributed by atoms with E-state index in [1.807, 2.05) is 13.8 Å². The molecule has 158 valence electrons. The molecule has 0 aliphatic carbocycles. The first-order chi connectivity index (χ1) is 13.6. The van der Waals surface area contributed by atoms with Crippen molar-refractivity contribution >= 4 is 38.5 Å². The van der Waals surface area contributed by atoms with Gasteiger partial charge in [-0.05, 0) is 31.5 Å². The molecule has 0 radical (unpaired) electrons. The molecule has 1 aromatic carbocycles. The number of imide groups is 1. The molecule has 1 aliphatic heterocycles.